The summed E-state index contributed by atoms with van der Waals surface area (Å²) >= 11 is 0. The number of rotatable bonds is 5. The molecular formula is C20H41N3O3. The zero-order chi connectivity index (χ0) is 17.3. The van der Waals surface area contributed by atoms with Crippen LogP contribution >= 0.6 is 0 Å². The molecule has 0 amide bonds. The van der Waals surface area contributed by atoms with Crippen molar-refractivity contribution in [2.75, 3.05) is 19.7 Å². The maximum absolute atomic E-state index is 11.4. The first kappa shape index (κ1) is 22.1. The van der Waals surface area contributed by atoms with Crippen LogP contribution in [0.5, 0.6) is 0 Å². The third-order valence-corrected chi connectivity index (χ3v) is 6.63. The first-order valence-corrected chi connectivity index (χ1v) is 10.9. The van der Waals surface area contributed by atoms with E-state index >= 15 is 0 Å². The van der Waals surface area contributed by atoms with Gasteiger partial charge in [0.1, 0.15) is 0 Å². The molecule has 0 aromatic heterocycles. The van der Waals surface area contributed by atoms with Crippen LogP contribution in [0.4, 0.5) is 0 Å². The van der Waals surface area contributed by atoms with Crippen molar-refractivity contribution in [2.24, 2.45) is 11.8 Å². The monoisotopic (exact) mass is 371 g/mol. The van der Waals surface area contributed by atoms with Crippen molar-refractivity contribution in [1.82, 2.24) is 10.4 Å². The topological polar surface area (TPSA) is 95.7 Å². The zero-order valence-corrected chi connectivity index (χ0v) is 16.5. The maximum Gasteiger partial charge on any atom is 0.0871 e. The van der Waals surface area contributed by atoms with Gasteiger partial charge in [-0.25, -0.2) is 0 Å². The minimum Gasteiger partial charge on any atom is -0.636 e. The smallest absolute Gasteiger partial charge is 0.0871 e. The van der Waals surface area contributed by atoms with E-state index in [-0.39, 0.29) is 11.5 Å². The van der Waals surface area contributed by atoms with Gasteiger partial charge in [0, 0.05) is 19.4 Å². The number of nitrogens with one attached hydrogen (secondary N) is 1. The third-order valence-electron chi connectivity index (χ3n) is 6.63. The average Bonchev–Trinajstić information content (AvgIpc) is 2.78. The quantitative estimate of drug-likeness (QED) is 0.723. The van der Waals surface area contributed by atoms with E-state index in [4.69, 9.17) is 4.84 Å². The Morgan fingerprint density at radius 2 is 1.58 bits per heavy atom. The van der Waals surface area contributed by atoms with E-state index in [1.165, 1.54) is 69.7 Å². The van der Waals surface area contributed by atoms with Gasteiger partial charge in [0.15, 0.2) is 0 Å². The number of quaternary nitrogens is 1. The van der Waals surface area contributed by atoms with Crippen LogP contribution in [0, 0.1) is 17.0 Å². The Morgan fingerprint density at radius 3 is 2.27 bits per heavy atom. The molecule has 3 rings (SSSR count). The van der Waals surface area contributed by atoms with E-state index in [0.29, 0.717) is 12.1 Å². The van der Waals surface area contributed by atoms with Crippen molar-refractivity contribution in [1.29, 1.82) is 0 Å². The van der Waals surface area contributed by atoms with Gasteiger partial charge < -0.3 is 16.2 Å². The van der Waals surface area contributed by atoms with E-state index in [1.807, 2.05) is 0 Å². The van der Waals surface area contributed by atoms with Crippen molar-refractivity contribution >= 4 is 0 Å². The molecule has 2 unspecified atom stereocenters. The van der Waals surface area contributed by atoms with Crippen LogP contribution in [-0.2, 0) is 4.84 Å². The molecule has 1 saturated heterocycles. The van der Waals surface area contributed by atoms with E-state index in [2.05, 4.69) is 10.4 Å². The van der Waals surface area contributed by atoms with E-state index in [0.717, 1.165) is 44.9 Å². The molecule has 0 aromatic rings. The van der Waals surface area contributed by atoms with Gasteiger partial charge in [-0.15, -0.1) is 0 Å². The Bertz CT molecular complexity index is 360. The van der Waals surface area contributed by atoms with Gasteiger partial charge in [-0.2, -0.15) is 5.06 Å². The molecule has 6 heteroatoms. The summed E-state index contributed by atoms with van der Waals surface area (Å²) in [6.45, 7) is 2.77. The lowest BCUT2D eigenvalue weighted by atomic mass is 9.86. The van der Waals surface area contributed by atoms with Crippen LogP contribution in [0.3, 0.4) is 0 Å². The Kier molecular flexibility index (Phi) is 10.4. The van der Waals surface area contributed by atoms with Crippen molar-refractivity contribution in [3.05, 3.63) is 5.21 Å². The molecule has 26 heavy (non-hydrogen) atoms. The first-order chi connectivity index (χ1) is 12.4. The van der Waals surface area contributed by atoms with E-state index in [1.54, 1.807) is 0 Å². The van der Waals surface area contributed by atoms with Gasteiger partial charge in [-0.05, 0) is 50.5 Å². The second-order valence-electron chi connectivity index (χ2n) is 8.56. The molecule has 1 aliphatic heterocycles. The number of hydrogen-bond acceptors (Lipinski definition) is 4. The minimum atomic E-state index is 0. The fraction of sp³-hybridized carbons (Fsp3) is 1.00. The molecule has 6 nitrogen and oxygen atoms in total. The minimum absolute atomic E-state index is 0. The highest BCUT2D eigenvalue weighted by atomic mass is 16.7. The Labute approximate surface area is 159 Å². The van der Waals surface area contributed by atoms with Gasteiger partial charge >= 0.3 is 0 Å². The molecule has 2 aliphatic carbocycles. The molecule has 2 saturated carbocycles. The number of hydrogen-bond donors (Lipinski definition) is 2. The molecule has 1 heterocycles. The van der Waals surface area contributed by atoms with Gasteiger partial charge in [-0.3, -0.25) is 10.2 Å². The van der Waals surface area contributed by atoms with Crippen LogP contribution in [0.1, 0.15) is 83.5 Å². The molecular weight excluding hydrogens is 330 g/mol. The molecule has 0 radical (unpaired) electrons. The molecule has 0 spiro atoms. The van der Waals surface area contributed by atoms with E-state index < -0.39 is 0 Å². The molecule has 5 N–H and O–H groups in total. The molecule has 2 atom stereocenters. The average molecular weight is 372 g/mol. The van der Waals surface area contributed by atoms with Crippen LogP contribution in [0.25, 0.3) is 0 Å². The lowest BCUT2D eigenvalue weighted by Gasteiger charge is -2.39. The number of nitrogens with two attached hydrogens (primary N) is 1. The summed E-state index contributed by atoms with van der Waals surface area (Å²) in [5.74, 6) is 1.43. The van der Waals surface area contributed by atoms with Crippen LogP contribution < -0.4 is 10.8 Å². The zero-order valence-electron chi connectivity index (χ0n) is 16.5. The summed E-state index contributed by atoms with van der Waals surface area (Å²) in [5.41, 5.74) is 1.17. The standard InChI is InChI=1S/C20H39N3O2.H2O/c24-22-19-12-7-14-21-20(18-10-5-2-6-11-18)23(15-13-19)25-16-17-8-3-1-4-9-17;/h17-21H,1-16,22H2;1H2. The second kappa shape index (κ2) is 12.3. The summed E-state index contributed by atoms with van der Waals surface area (Å²) in [5, 5.41) is 17.4. The van der Waals surface area contributed by atoms with Crippen molar-refractivity contribution < 1.29 is 15.8 Å². The molecule has 154 valence electrons. The number of hydroxylamine groups is 3. The second-order valence-corrected chi connectivity index (χ2v) is 8.56. The lowest BCUT2D eigenvalue weighted by Crippen LogP contribution is -2.84. The predicted octanol–water partition coefficient (Wildman–Crippen LogP) is 2.09. The highest BCUT2D eigenvalue weighted by molar-refractivity contribution is 4.79. The third kappa shape index (κ3) is 6.73. The van der Waals surface area contributed by atoms with Gasteiger partial charge in [0.05, 0.1) is 18.8 Å². The van der Waals surface area contributed by atoms with Crippen molar-refractivity contribution in [2.45, 2.75) is 95.7 Å². The van der Waals surface area contributed by atoms with Gasteiger partial charge in [0.2, 0.25) is 0 Å². The van der Waals surface area contributed by atoms with Crippen LogP contribution in [0.15, 0.2) is 0 Å². The first-order valence-electron chi connectivity index (χ1n) is 10.9. The fourth-order valence-electron chi connectivity index (χ4n) is 4.98. The van der Waals surface area contributed by atoms with Crippen molar-refractivity contribution in [3.8, 4) is 0 Å². The highest BCUT2D eigenvalue weighted by Crippen LogP contribution is 2.30. The van der Waals surface area contributed by atoms with E-state index in [9.17, 15) is 5.21 Å². The largest absolute Gasteiger partial charge is 0.636 e. The predicted molar refractivity (Wildman–Crippen MR) is 104 cm³/mol. The van der Waals surface area contributed by atoms with Gasteiger partial charge in [0.25, 0.3) is 0 Å². The Hall–Kier alpha value is -0.240. The summed E-state index contributed by atoms with van der Waals surface area (Å²) < 4.78 is 0. The lowest BCUT2D eigenvalue weighted by molar-refractivity contribution is -0.629. The summed E-state index contributed by atoms with van der Waals surface area (Å²) in [6, 6.07) is 0.202. The van der Waals surface area contributed by atoms with Crippen LogP contribution in [-0.4, -0.2) is 42.4 Å². The Morgan fingerprint density at radius 1 is 0.885 bits per heavy atom. The maximum atomic E-state index is 11.4. The molecule has 0 aromatic carbocycles. The molecule has 3 aliphatic rings. The van der Waals surface area contributed by atoms with Crippen molar-refractivity contribution in [3.63, 3.8) is 0 Å². The number of nitrogens with zero attached hydrogens (tertiary/aromatic N) is 1. The summed E-state index contributed by atoms with van der Waals surface area (Å²) in [4.78, 5) is 6.43. The van der Waals surface area contributed by atoms with Gasteiger partial charge in [-0.1, -0.05) is 38.5 Å². The molecule has 0 bridgehead atoms. The normalized spacial score (nSPS) is 30.8. The SMILES string of the molecule is O.[O-][NH2+]C1CCCNC(C2CCCCC2)N(OCC2CCCCC2)CC1. The summed E-state index contributed by atoms with van der Waals surface area (Å²) in [6.07, 6.45) is 16.9. The summed E-state index contributed by atoms with van der Waals surface area (Å²) in [7, 11) is 0. The fourth-order valence-corrected chi connectivity index (χ4v) is 4.98. The van der Waals surface area contributed by atoms with Crippen LogP contribution in [0.2, 0.25) is 0 Å². The highest BCUT2D eigenvalue weighted by Gasteiger charge is 2.31. The Balaban J connectivity index is 0.00000243. The molecule has 3 fully saturated rings.